The molecule has 0 amide bonds. The molecule has 4 atom stereocenters. The highest BCUT2D eigenvalue weighted by Crippen LogP contribution is 2.43. The summed E-state index contributed by atoms with van der Waals surface area (Å²) in [6.07, 6.45) is 0.878. The molecule has 1 fully saturated rings. The number of aliphatic hydroxyl groups excluding tert-OH is 1. The van der Waals surface area contributed by atoms with E-state index in [-0.39, 0.29) is 13.2 Å². The fourth-order valence-electron chi connectivity index (χ4n) is 5.33. The topological polar surface area (TPSA) is 112 Å². The van der Waals surface area contributed by atoms with Gasteiger partial charge in [-0.25, -0.2) is 4.79 Å². The second-order valence-corrected chi connectivity index (χ2v) is 15.9. The largest absolute Gasteiger partial charge is 0.417 e. The molecular formula is C32H44N2O7Si. The number of hydrogen-bond acceptors (Lipinski definition) is 7. The minimum Gasteiger partial charge on any atom is -0.417 e. The van der Waals surface area contributed by atoms with Gasteiger partial charge in [-0.2, -0.15) is 0 Å². The van der Waals surface area contributed by atoms with Gasteiger partial charge in [0.15, 0.2) is 14.5 Å². The number of aromatic amines is 1. The zero-order valence-electron chi connectivity index (χ0n) is 25.1. The Morgan fingerprint density at radius 2 is 1.67 bits per heavy atom. The van der Waals surface area contributed by atoms with E-state index >= 15 is 0 Å². The van der Waals surface area contributed by atoms with E-state index in [1.54, 1.807) is 6.92 Å². The number of benzene rings is 2. The number of hydrogen-bond donors (Lipinski definition) is 2. The second-order valence-electron chi connectivity index (χ2n) is 11.6. The van der Waals surface area contributed by atoms with Crippen LogP contribution in [0.5, 0.6) is 0 Å². The van der Waals surface area contributed by atoms with Crippen LogP contribution in [-0.2, 0) is 31.9 Å². The monoisotopic (exact) mass is 596 g/mol. The van der Waals surface area contributed by atoms with Crippen LogP contribution in [0.2, 0.25) is 19.1 Å². The van der Waals surface area contributed by atoms with E-state index in [1.807, 2.05) is 60.7 Å². The first kappa shape index (κ1) is 32.1. The maximum atomic E-state index is 12.9. The number of aryl methyl sites for hydroxylation is 1. The van der Waals surface area contributed by atoms with Crippen molar-refractivity contribution in [3.05, 3.63) is 104 Å². The molecule has 4 rings (SSSR count). The third-order valence-electron chi connectivity index (χ3n) is 7.89. The molecule has 2 aromatic carbocycles. The number of aliphatic hydroxyl groups is 1. The number of rotatable bonds is 15. The van der Waals surface area contributed by atoms with Crippen LogP contribution < -0.4 is 11.2 Å². The Morgan fingerprint density at radius 3 is 2.31 bits per heavy atom. The molecular weight excluding hydrogens is 552 g/mol. The molecule has 1 aromatic heterocycles. The first-order chi connectivity index (χ1) is 20.1. The Kier molecular flexibility index (Phi) is 11.1. The van der Waals surface area contributed by atoms with Crippen molar-refractivity contribution in [1.29, 1.82) is 0 Å². The number of ether oxygens (including phenoxy) is 3. The molecule has 3 aromatic rings. The van der Waals surface area contributed by atoms with Crippen molar-refractivity contribution >= 4 is 8.32 Å². The van der Waals surface area contributed by atoms with Gasteiger partial charge in [0, 0.05) is 24.8 Å². The maximum Gasteiger partial charge on any atom is 0.330 e. The number of nitrogens with zero attached hydrogens (tertiary/aromatic N) is 1. The van der Waals surface area contributed by atoms with Crippen molar-refractivity contribution in [3.63, 3.8) is 0 Å². The van der Waals surface area contributed by atoms with Crippen LogP contribution >= 0.6 is 0 Å². The van der Waals surface area contributed by atoms with Crippen molar-refractivity contribution in [2.45, 2.75) is 89.5 Å². The van der Waals surface area contributed by atoms with Crippen LogP contribution in [0.3, 0.4) is 0 Å². The molecule has 2 heterocycles. The summed E-state index contributed by atoms with van der Waals surface area (Å²) in [5.41, 5.74) is -0.129. The number of aromatic nitrogens is 2. The SMILES string of the molecule is CCCC[Si](C)(C)OCC[C@@]1(OCc2ccccc2)[C@@H](COCc2ccccc2)O[C@@H](n2cc(C)c(=O)[nH]c2=O)[C@@H]1O. The van der Waals surface area contributed by atoms with Gasteiger partial charge in [-0.3, -0.25) is 14.3 Å². The molecule has 1 aliphatic heterocycles. The van der Waals surface area contributed by atoms with Crippen LogP contribution in [-0.4, -0.2) is 54.0 Å². The molecule has 0 radical (unpaired) electrons. The van der Waals surface area contributed by atoms with Crippen LogP contribution in [0, 0.1) is 6.92 Å². The van der Waals surface area contributed by atoms with Crippen LogP contribution in [0.15, 0.2) is 76.4 Å². The number of nitrogens with one attached hydrogen (secondary N) is 1. The summed E-state index contributed by atoms with van der Waals surface area (Å²) in [5, 5.41) is 12.0. The van der Waals surface area contributed by atoms with Crippen LogP contribution in [0.1, 0.15) is 49.1 Å². The third kappa shape index (κ3) is 7.94. The fourth-order valence-corrected chi connectivity index (χ4v) is 7.34. The Hall–Kier alpha value is -2.86. The van der Waals surface area contributed by atoms with E-state index in [9.17, 15) is 14.7 Å². The summed E-state index contributed by atoms with van der Waals surface area (Å²) in [7, 11) is -1.94. The Morgan fingerprint density at radius 1 is 1.02 bits per heavy atom. The van der Waals surface area contributed by atoms with Gasteiger partial charge in [0.05, 0.1) is 19.8 Å². The van der Waals surface area contributed by atoms with E-state index in [0.717, 1.165) is 30.0 Å². The molecule has 2 N–H and O–H groups in total. The summed E-state index contributed by atoms with van der Waals surface area (Å²) in [4.78, 5) is 27.3. The quantitative estimate of drug-likeness (QED) is 0.245. The van der Waals surface area contributed by atoms with Crippen molar-refractivity contribution in [3.8, 4) is 0 Å². The van der Waals surface area contributed by atoms with Crippen molar-refractivity contribution in [2.75, 3.05) is 13.2 Å². The Bertz CT molecular complexity index is 1380. The molecule has 1 saturated heterocycles. The highest BCUT2D eigenvalue weighted by atomic mass is 28.4. The molecule has 0 saturated carbocycles. The van der Waals surface area contributed by atoms with Crippen molar-refractivity contribution < 1.29 is 23.7 Å². The summed E-state index contributed by atoms with van der Waals surface area (Å²) in [5.74, 6) is 0. The molecule has 1 aliphatic rings. The minimum atomic E-state index is -1.94. The van der Waals surface area contributed by atoms with E-state index < -0.39 is 43.6 Å². The summed E-state index contributed by atoms with van der Waals surface area (Å²) in [6.45, 7) is 9.23. The molecule has 10 heteroatoms. The van der Waals surface area contributed by atoms with Gasteiger partial charge in [-0.05, 0) is 37.2 Å². The average Bonchev–Trinajstić information content (AvgIpc) is 3.24. The molecule has 0 aliphatic carbocycles. The second kappa shape index (κ2) is 14.5. The number of H-pyrrole nitrogens is 1. The van der Waals surface area contributed by atoms with Gasteiger partial charge in [-0.1, -0.05) is 80.4 Å². The predicted octanol–water partition coefficient (Wildman–Crippen LogP) is 4.69. The molecule has 0 bridgehead atoms. The highest BCUT2D eigenvalue weighted by Gasteiger charge is 2.58. The summed E-state index contributed by atoms with van der Waals surface area (Å²) < 4.78 is 26.9. The molecule has 0 unspecified atom stereocenters. The predicted molar refractivity (Wildman–Crippen MR) is 164 cm³/mol. The van der Waals surface area contributed by atoms with Crippen LogP contribution in [0.25, 0.3) is 0 Å². The van der Waals surface area contributed by atoms with Gasteiger partial charge < -0.3 is 23.7 Å². The number of unbranched alkanes of at least 4 members (excludes halogenated alkanes) is 1. The van der Waals surface area contributed by atoms with Crippen LogP contribution in [0.4, 0.5) is 0 Å². The molecule has 42 heavy (non-hydrogen) atoms. The fraction of sp³-hybridized carbons (Fsp3) is 0.500. The highest BCUT2D eigenvalue weighted by molar-refractivity contribution is 6.71. The van der Waals surface area contributed by atoms with Gasteiger partial charge in [0.1, 0.15) is 17.8 Å². The molecule has 0 spiro atoms. The van der Waals surface area contributed by atoms with E-state index in [0.29, 0.717) is 25.2 Å². The van der Waals surface area contributed by atoms with E-state index in [1.165, 1.54) is 10.8 Å². The smallest absolute Gasteiger partial charge is 0.330 e. The Labute approximate surface area is 248 Å². The average molecular weight is 597 g/mol. The lowest BCUT2D eigenvalue weighted by Crippen LogP contribution is -2.53. The first-order valence-electron chi connectivity index (χ1n) is 14.7. The third-order valence-corrected chi connectivity index (χ3v) is 10.4. The maximum absolute atomic E-state index is 12.9. The minimum absolute atomic E-state index is 0.116. The lowest BCUT2D eigenvalue weighted by Gasteiger charge is -2.37. The summed E-state index contributed by atoms with van der Waals surface area (Å²) >= 11 is 0. The molecule has 228 valence electrons. The Balaban J connectivity index is 1.66. The zero-order valence-corrected chi connectivity index (χ0v) is 26.1. The van der Waals surface area contributed by atoms with Gasteiger partial charge in [0.25, 0.3) is 5.56 Å². The normalized spacial score (nSPS) is 22.5. The van der Waals surface area contributed by atoms with Gasteiger partial charge in [0.2, 0.25) is 0 Å². The lowest BCUT2D eigenvalue weighted by molar-refractivity contribution is -0.159. The van der Waals surface area contributed by atoms with Crippen molar-refractivity contribution in [1.82, 2.24) is 9.55 Å². The summed E-state index contributed by atoms with van der Waals surface area (Å²) in [6, 6.07) is 20.6. The van der Waals surface area contributed by atoms with Crippen molar-refractivity contribution in [2.24, 2.45) is 0 Å². The zero-order chi connectivity index (χ0) is 30.2. The van der Waals surface area contributed by atoms with Gasteiger partial charge in [-0.15, -0.1) is 0 Å². The van der Waals surface area contributed by atoms with Gasteiger partial charge >= 0.3 is 5.69 Å². The van der Waals surface area contributed by atoms with E-state index in [2.05, 4.69) is 25.0 Å². The lowest BCUT2D eigenvalue weighted by atomic mass is 9.88. The standard InChI is InChI=1S/C32H44N2O7Si/c1-5-6-19-42(3,4)40-18-17-32(39-22-26-15-11-8-12-16-26)27(23-38-21-25-13-9-7-10-14-25)41-30(28(32)35)34-20-24(2)29(36)33-31(34)37/h7-16,20,27-28,30,35H,5-6,17-19,21-23H2,1-4H3,(H,33,36,37)/t27-,28+,30-,32-/m1/s1. The first-order valence-corrected chi connectivity index (χ1v) is 17.9. The van der Waals surface area contributed by atoms with E-state index in [4.69, 9.17) is 18.6 Å². The molecule has 9 nitrogen and oxygen atoms in total.